The number of hydrogen-bond acceptors (Lipinski definition) is 5. The van der Waals surface area contributed by atoms with E-state index >= 15 is 0 Å². The number of anilines is 1. The molecule has 26 heavy (non-hydrogen) atoms. The third kappa shape index (κ3) is 3.30. The molecule has 3 heterocycles. The summed E-state index contributed by atoms with van der Waals surface area (Å²) in [5, 5.41) is 0. The fourth-order valence-electron chi connectivity index (χ4n) is 3.54. The van der Waals surface area contributed by atoms with Gasteiger partial charge in [-0.15, -0.1) is 0 Å². The summed E-state index contributed by atoms with van der Waals surface area (Å²) in [4.78, 5) is 21.7. The van der Waals surface area contributed by atoms with Gasteiger partial charge in [0, 0.05) is 25.8 Å². The van der Waals surface area contributed by atoms with Crippen molar-refractivity contribution in [3.05, 3.63) is 54.2 Å². The van der Waals surface area contributed by atoms with E-state index in [2.05, 4.69) is 22.0 Å². The molecule has 2 unspecified atom stereocenters. The van der Waals surface area contributed by atoms with Crippen molar-refractivity contribution in [3.63, 3.8) is 0 Å². The lowest BCUT2D eigenvalue weighted by atomic mass is 10.0. The number of benzene rings is 1. The number of fused-ring (bicyclic) bond motifs is 1. The molecule has 0 saturated carbocycles. The molecule has 4 rings (SSSR count). The molecule has 2 atom stereocenters. The van der Waals surface area contributed by atoms with Gasteiger partial charge in [-0.3, -0.25) is 14.6 Å². The van der Waals surface area contributed by atoms with Crippen molar-refractivity contribution >= 4 is 11.7 Å². The lowest BCUT2D eigenvalue weighted by Gasteiger charge is -2.40. The van der Waals surface area contributed by atoms with E-state index in [1.165, 1.54) is 0 Å². The first-order chi connectivity index (χ1) is 12.7. The second-order valence-corrected chi connectivity index (χ2v) is 6.63. The number of carbonyl (C=O) groups excluding carboxylic acids is 1. The predicted molar refractivity (Wildman–Crippen MR) is 98.3 cm³/mol. The van der Waals surface area contributed by atoms with Gasteiger partial charge in [-0.1, -0.05) is 30.3 Å². The molecule has 0 aliphatic carbocycles. The van der Waals surface area contributed by atoms with Crippen LogP contribution in [0.5, 0.6) is 5.75 Å². The van der Waals surface area contributed by atoms with Crippen LogP contribution in [-0.4, -0.2) is 54.7 Å². The van der Waals surface area contributed by atoms with Crippen LogP contribution in [-0.2, 0) is 9.53 Å². The fraction of sp³-hybridized carbons (Fsp3) is 0.400. The Balaban J connectivity index is 1.73. The molecule has 1 aromatic heterocycles. The summed E-state index contributed by atoms with van der Waals surface area (Å²) in [5.41, 5.74) is 1.10. The molecular weight excluding hydrogens is 330 g/mol. The van der Waals surface area contributed by atoms with Crippen molar-refractivity contribution in [1.82, 2.24) is 9.88 Å². The predicted octanol–water partition coefficient (Wildman–Crippen LogP) is 2.27. The number of ether oxygens (including phenoxy) is 2. The minimum Gasteiger partial charge on any atom is -0.477 e. The van der Waals surface area contributed by atoms with Crippen molar-refractivity contribution in [2.45, 2.75) is 19.1 Å². The van der Waals surface area contributed by atoms with Gasteiger partial charge in [0.15, 0.2) is 17.7 Å². The molecular formula is C20H23N3O3. The quantitative estimate of drug-likeness (QED) is 0.844. The van der Waals surface area contributed by atoms with Crippen LogP contribution in [0.4, 0.5) is 5.82 Å². The zero-order chi connectivity index (χ0) is 17.9. The molecule has 2 aromatic rings. The summed E-state index contributed by atoms with van der Waals surface area (Å²) >= 11 is 0. The van der Waals surface area contributed by atoms with E-state index in [9.17, 15) is 4.79 Å². The summed E-state index contributed by atoms with van der Waals surface area (Å²) in [7, 11) is 0. The first kappa shape index (κ1) is 17.0. The number of carbonyl (C=O) groups is 1. The maximum Gasteiger partial charge on any atom is 0.269 e. The Labute approximate surface area is 153 Å². The Bertz CT molecular complexity index is 762. The molecule has 0 bridgehead atoms. The standard InChI is InChI=1S/C20H23N3O3/c1-15-20(24)23(19-18(26-15)8-5-9-21-19)17(16-6-3-2-4-7-16)14-22-10-12-25-13-11-22/h2-9,15,17H,10-14H2,1H3. The van der Waals surface area contributed by atoms with Crippen molar-refractivity contribution in [2.24, 2.45) is 0 Å². The van der Waals surface area contributed by atoms with Gasteiger partial charge in [0.05, 0.1) is 19.3 Å². The zero-order valence-corrected chi connectivity index (χ0v) is 14.9. The highest BCUT2D eigenvalue weighted by atomic mass is 16.5. The van der Waals surface area contributed by atoms with Crippen molar-refractivity contribution in [2.75, 3.05) is 37.7 Å². The molecule has 1 aromatic carbocycles. The molecule has 2 aliphatic rings. The van der Waals surface area contributed by atoms with Gasteiger partial charge in [0.25, 0.3) is 5.91 Å². The van der Waals surface area contributed by atoms with E-state index in [1.54, 1.807) is 13.1 Å². The Hall–Kier alpha value is -2.44. The summed E-state index contributed by atoms with van der Waals surface area (Å²) in [5.74, 6) is 1.19. The molecule has 6 nitrogen and oxygen atoms in total. The fourth-order valence-corrected chi connectivity index (χ4v) is 3.54. The highest BCUT2D eigenvalue weighted by molar-refractivity contribution is 5.99. The van der Waals surface area contributed by atoms with Crippen molar-refractivity contribution in [3.8, 4) is 5.75 Å². The highest BCUT2D eigenvalue weighted by Crippen LogP contribution is 2.37. The van der Waals surface area contributed by atoms with Crippen LogP contribution in [0.25, 0.3) is 0 Å². The number of rotatable bonds is 4. The van der Waals surface area contributed by atoms with E-state index in [4.69, 9.17) is 9.47 Å². The van der Waals surface area contributed by atoms with Crippen LogP contribution in [0.3, 0.4) is 0 Å². The lowest BCUT2D eigenvalue weighted by Crippen LogP contribution is -2.50. The third-order valence-electron chi connectivity index (χ3n) is 4.90. The van der Waals surface area contributed by atoms with Crippen LogP contribution >= 0.6 is 0 Å². The molecule has 1 fully saturated rings. The number of morpholine rings is 1. The molecule has 1 amide bonds. The van der Waals surface area contributed by atoms with Crippen LogP contribution in [0.1, 0.15) is 18.5 Å². The monoisotopic (exact) mass is 353 g/mol. The third-order valence-corrected chi connectivity index (χ3v) is 4.90. The Morgan fingerprint density at radius 2 is 1.92 bits per heavy atom. The molecule has 0 radical (unpaired) electrons. The summed E-state index contributed by atoms with van der Waals surface area (Å²) in [6, 6.07) is 13.7. The topological polar surface area (TPSA) is 54.9 Å². The zero-order valence-electron chi connectivity index (χ0n) is 14.9. The maximum absolute atomic E-state index is 13.1. The van der Waals surface area contributed by atoms with Gasteiger partial charge in [-0.05, 0) is 24.6 Å². The average molecular weight is 353 g/mol. The molecule has 136 valence electrons. The van der Waals surface area contributed by atoms with Crippen LogP contribution in [0, 0.1) is 0 Å². The van der Waals surface area contributed by atoms with Gasteiger partial charge in [-0.2, -0.15) is 0 Å². The summed E-state index contributed by atoms with van der Waals surface area (Å²) in [6.07, 6.45) is 1.18. The molecule has 0 spiro atoms. The van der Waals surface area contributed by atoms with Gasteiger partial charge in [0.1, 0.15) is 0 Å². The number of nitrogens with zero attached hydrogens (tertiary/aromatic N) is 3. The Morgan fingerprint density at radius 1 is 1.15 bits per heavy atom. The van der Waals surface area contributed by atoms with Gasteiger partial charge >= 0.3 is 0 Å². The van der Waals surface area contributed by atoms with Crippen LogP contribution in [0.15, 0.2) is 48.7 Å². The second kappa shape index (κ2) is 7.43. The molecule has 1 saturated heterocycles. The largest absolute Gasteiger partial charge is 0.477 e. The normalized spacial score (nSPS) is 21.8. The van der Waals surface area contributed by atoms with Gasteiger partial charge < -0.3 is 9.47 Å². The molecule has 0 N–H and O–H groups in total. The minimum absolute atomic E-state index is 0.0571. The van der Waals surface area contributed by atoms with E-state index in [0.717, 1.165) is 38.4 Å². The minimum atomic E-state index is -0.525. The maximum atomic E-state index is 13.1. The van der Waals surface area contributed by atoms with Crippen molar-refractivity contribution < 1.29 is 14.3 Å². The number of amides is 1. The second-order valence-electron chi connectivity index (χ2n) is 6.63. The molecule has 6 heteroatoms. The molecule has 2 aliphatic heterocycles. The Kier molecular flexibility index (Phi) is 4.86. The lowest BCUT2D eigenvalue weighted by molar-refractivity contribution is -0.126. The van der Waals surface area contributed by atoms with E-state index in [1.807, 2.05) is 35.2 Å². The van der Waals surface area contributed by atoms with E-state index < -0.39 is 6.10 Å². The Morgan fingerprint density at radius 3 is 2.69 bits per heavy atom. The van der Waals surface area contributed by atoms with Gasteiger partial charge in [0.2, 0.25) is 0 Å². The first-order valence-electron chi connectivity index (χ1n) is 9.04. The van der Waals surface area contributed by atoms with E-state index in [-0.39, 0.29) is 11.9 Å². The number of hydrogen-bond donors (Lipinski definition) is 0. The van der Waals surface area contributed by atoms with Crippen molar-refractivity contribution in [1.29, 1.82) is 0 Å². The van der Waals surface area contributed by atoms with Crippen LogP contribution < -0.4 is 9.64 Å². The summed E-state index contributed by atoms with van der Waals surface area (Å²) in [6.45, 7) is 5.72. The summed E-state index contributed by atoms with van der Waals surface area (Å²) < 4.78 is 11.2. The first-order valence-corrected chi connectivity index (χ1v) is 9.04. The average Bonchev–Trinajstić information content (AvgIpc) is 2.69. The highest BCUT2D eigenvalue weighted by Gasteiger charge is 2.38. The SMILES string of the molecule is CC1Oc2cccnc2N(C(CN2CCOCC2)c2ccccc2)C1=O. The van der Waals surface area contributed by atoms with Crippen LogP contribution in [0.2, 0.25) is 0 Å². The number of pyridine rings is 1. The van der Waals surface area contributed by atoms with E-state index in [0.29, 0.717) is 11.6 Å². The van der Waals surface area contributed by atoms with Gasteiger partial charge in [-0.25, -0.2) is 4.98 Å². The smallest absolute Gasteiger partial charge is 0.269 e. The number of aromatic nitrogens is 1.